The predicted octanol–water partition coefficient (Wildman–Crippen LogP) is 3.70. The number of thiazole rings is 1. The predicted molar refractivity (Wildman–Crippen MR) is 101 cm³/mol. The molecule has 0 spiro atoms. The molecule has 134 valence electrons. The van der Waals surface area contributed by atoms with Gasteiger partial charge in [0.25, 0.3) is 0 Å². The molecule has 3 aromatic heterocycles. The van der Waals surface area contributed by atoms with Crippen molar-refractivity contribution in [3.8, 4) is 16.4 Å². The van der Waals surface area contributed by atoms with E-state index in [9.17, 15) is 0 Å². The molecule has 26 heavy (non-hydrogen) atoms. The average molecular weight is 367 g/mol. The molecule has 1 aliphatic carbocycles. The molecule has 1 atom stereocenters. The second-order valence-corrected chi connectivity index (χ2v) is 7.86. The molecule has 0 bridgehead atoms. The summed E-state index contributed by atoms with van der Waals surface area (Å²) < 4.78 is 2.13. The van der Waals surface area contributed by atoms with Crippen molar-refractivity contribution in [1.82, 2.24) is 29.7 Å². The van der Waals surface area contributed by atoms with E-state index in [1.165, 1.54) is 25.7 Å². The van der Waals surface area contributed by atoms with Gasteiger partial charge in [-0.1, -0.05) is 19.8 Å². The van der Waals surface area contributed by atoms with Crippen LogP contribution in [0, 0.1) is 6.92 Å². The lowest BCUT2D eigenvalue weighted by molar-refractivity contribution is 0.468. The van der Waals surface area contributed by atoms with Crippen LogP contribution in [0.1, 0.15) is 56.7 Å². The highest BCUT2D eigenvalue weighted by molar-refractivity contribution is 7.13. The fourth-order valence-electron chi connectivity index (χ4n) is 4.31. The molecule has 0 amide bonds. The zero-order valence-electron chi connectivity index (χ0n) is 15.0. The van der Waals surface area contributed by atoms with Gasteiger partial charge in [0.2, 0.25) is 0 Å². The SMILES string of the molecule is CCC1c2nnc(C)n2-c2cnc(-c3cncs3)nc2N1C1CCCC1. The van der Waals surface area contributed by atoms with Crippen LogP contribution in [0.4, 0.5) is 5.82 Å². The third-order valence-electron chi connectivity index (χ3n) is 5.48. The maximum Gasteiger partial charge on any atom is 0.173 e. The molecule has 0 saturated heterocycles. The van der Waals surface area contributed by atoms with Gasteiger partial charge in [0.1, 0.15) is 11.5 Å². The molecule has 1 fully saturated rings. The van der Waals surface area contributed by atoms with Gasteiger partial charge >= 0.3 is 0 Å². The van der Waals surface area contributed by atoms with Gasteiger partial charge in [0.05, 0.1) is 22.6 Å². The van der Waals surface area contributed by atoms with Crippen molar-refractivity contribution in [1.29, 1.82) is 0 Å². The highest BCUT2D eigenvalue weighted by Gasteiger charge is 2.39. The molecule has 4 heterocycles. The largest absolute Gasteiger partial charge is 0.341 e. The Kier molecular flexibility index (Phi) is 3.74. The van der Waals surface area contributed by atoms with Crippen molar-refractivity contribution in [3.05, 3.63) is 29.6 Å². The van der Waals surface area contributed by atoms with Crippen LogP contribution in [-0.2, 0) is 0 Å². The van der Waals surface area contributed by atoms with E-state index in [0.717, 1.165) is 40.3 Å². The lowest BCUT2D eigenvalue weighted by Crippen LogP contribution is -2.42. The Labute approximate surface area is 156 Å². The van der Waals surface area contributed by atoms with Gasteiger partial charge in [-0.2, -0.15) is 0 Å². The molecule has 3 aromatic rings. The summed E-state index contributed by atoms with van der Waals surface area (Å²) in [6.07, 6.45) is 9.73. The van der Waals surface area contributed by atoms with Crippen LogP contribution in [-0.4, -0.2) is 35.8 Å². The van der Waals surface area contributed by atoms with Crippen molar-refractivity contribution < 1.29 is 0 Å². The zero-order valence-corrected chi connectivity index (χ0v) is 15.8. The summed E-state index contributed by atoms with van der Waals surface area (Å²) in [4.78, 5) is 17.3. The van der Waals surface area contributed by atoms with E-state index in [1.54, 1.807) is 11.3 Å². The monoisotopic (exact) mass is 367 g/mol. The maximum atomic E-state index is 5.01. The van der Waals surface area contributed by atoms with Crippen molar-refractivity contribution >= 4 is 17.2 Å². The Morgan fingerprint density at radius 2 is 2.04 bits per heavy atom. The quantitative estimate of drug-likeness (QED) is 0.703. The molecule has 1 unspecified atom stereocenters. The molecule has 8 heteroatoms. The Morgan fingerprint density at radius 1 is 1.19 bits per heavy atom. The number of aromatic nitrogens is 6. The molecule has 0 aromatic carbocycles. The Hall–Kier alpha value is -2.35. The maximum absolute atomic E-state index is 5.01. The summed E-state index contributed by atoms with van der Waals surface area (Å²) in [5.41, 5.74) is 2.82. The zero-order chi connectivity index (χ0) is 17.7. The molecule has 2 aliphatic rings. The third-order valence-corrected chi connectivity index (χ3v) is 6.25. The topological polar surface area (TPSA) is 72.6 Å². The summed E-state index contributed by atoms with van der Waals surface area (Å²) in [5.74, 6) is 3.66. The second-order valence-electron chi connectivity index (χ2n) is 6.98. The average Bonchev–Trinajstić information content (AvgIpc) is 3.42. The summed E-state index contributed by atoms with van der Waals surface area (Å²) in [5, 5.41) is 8.86. The Bertz CT molecular complexity index is 927. The number of hydrogen-bond acceptors (Lipinski definition) is 7. The summed E-state index contributed by atoms with van der Waals surface area (Å²) in [7, 11) is 0. The lowest BCUT2D eigenvalue weighted by atomic mass is 10.0. The third kappa shape index (κ3) is 2.28. The van der Waals surface area contributed by atoms with Crippen LogP contribution >= 0.6 is 11.3 Å². The first-order chi connectivity index (χ1) is 12.8. The van der Waals surface area contributed by atoms with Crippen LogP contribution in [0.15, 0.2) is 17.9 Å². The van der Waals surface area contributed by atoms with Crippen LogP contribution in [0.25, 0.3) is 16.4 Å². The number of aryl methyl sites for hydroxylation is 1. The minimum absolute atomic E-state index is 0.205. The van der Waals surface area contributed by atoms with Gasteiger partial charge in [-0.15, -0.1) is 21.5 Å². The lowest BCUT2D eigenvalue weighted by Gasteiger charge is -2.41. The number of hydrogen-bond donors (Lipinski definition) is 0. The highest BCUT2D eigenvalue weighted by Crippen LogP contribution is 2.43. The van der Waals surface area contributed by atoms with Gasteiger partial charge in [-0.25, -0.2) is 9.97 Å². The van der Waals surface area contributed by atoms with Crippen LogP contribution in [0.5, 0.6) is 0 Å². The second kappa shape index (κ2) is 6.12. The van der Waals surface area contributed by atoms with E-state index in [2.05, 4.69) is 36.6 Å². The van der Waals surface area contributed by atoms with Gasteiger partial charge in [0.15, 0.2) is 17.5 Å². The van der Waals surface area contributed by atoms with Crippen molar-refractivity contribution in [2.75, 3.05) is 4.90 Å². The van der Waals surface area contributed by atoms with E-state index < -0.39 is 0 Å². The molecular weight excluding hydrogens is 346 g/mol. The number of fused-ring (bicyclic) bond motifs is 3. The normalized spacial score (nSPS) is 19.6. The van der Waals surface area contributed by atoms with Crippen LogP contribution < -0.4 is 4.90 Å². The minimum Gasteiger partial charge on any atom is -0.341 e. The van der Waals surface area contributed by atoms with Crippen molar-refractivity contribution in [2.45, 2.75) is 58.0 Å². The first kappa shape index (κ1) is 15.9. The van der Waals surface area contributed by atoms with E-state index in [0.29, 0.717) is 6.04 Å². The molecule has 0 radical (unpaired) electrons. The number of nitrogens with zero attached hydrogens (tertiary/aromatic N) is 7. The first-order valence-corrected chi connectivity index (χ1v) is 10.1. The fraction of sp³-hybridized carbons (Fsp3) is 0.500. The molecule has 1 aliphatic heterocycles. The molecule has 5 rings (SSSR count). The molecule has 1 saturated carbocycles. The fourth-order valence-corrected chi connectivity index (χ4v) is 4.87. The molecular formula is C18H21N7S. The van der Waals surface area contributed by atoms with Crippen molar-refractivity contribution in [3.63, 3.8) is 0 Å². The Balaban J connectivity index is 1.73. The number of anilines is 1. The van der Waals surface area contributed by atoms with E-state index in [4.69, 9.17) is 4.98 Å². The number of rotatable bonds is 3. The van der Waals surface area contributed by atoms with Crippen molar-refractivity contribution in [2.24, 2.45) is 0 Å². The van der Waals surface area contributed by atoms with E-state index >= 15 is 0 Å². The van der Waals surface area contributed by atoms with Gasteiger partial charge in [-0.3, -0.25) is 9.55 Å². The van der Waals surface area contributed by atoms with Gasteiger partial charge < -0.3 is 4.90 Å². The van der Waals surface area contributed by atoms with Crippen LogP contribution in [0.3, 0.4) is 0 Å². The Morgan fingerprint density at radius 3 is 2.77 bits per heavy atom. The van der Waals surface area contributed by atoms with Crippen LogP contribution in [0.2, 0.25) is 0 Å². The molecule has 0 N–H and O–H groups in total. The highest BCUT2D eigenvalue weighted by atomic mass is 32.1. The summed E-state index contributed by atoms with van der Waals surface area (Å²) >= 11 is 1.57. The van der Waals surface area contributed by atoms with E-state index in [1.807, 2.05) is 24.8 Å². The minimum atomic E-state index is 0.205. The standard InChI is InChI=1S/C18H21N7S/c1-3-13-18-23-22-11(2)24(18)14-8-20-16(15-9-19-10-26-15)21-17(14)25(13)12-6-4-5-7-12/h8-10,12-13H,3-7H2,1-2H3. The summed E-state index contributed by atoms with van der Waals surface area (Å²) in [6.45, 7) is 4.21. The van der Waals surface area contributed by atoms with E-state index in [-0.39, 0.29) is 6.04 Å². The van der Waals surface area contributed by atoms with Gasteiger partial charge in [0, 0.05) is 12.2 Å². The smallest absolute Gasteiger partial charge is 0.173 e. The molecule has 7 nitrogen and oxygen atoms in total. The summed E-state index contributed by atoms with van der Waals surface area (Å²) in [6, 6.07) is 0.713. The first-order valence-electron chi connectivity index (χ1n) is 9.24. The van der Waals surface area contributed by atoms with Gasteiger partial charge in [-0.05, 0) is 26.2 Å².